The van der Waals surface area contributed by atoms with Crippen molar-refractivity contribution < 1.29 is 18.7 Å². The number of hydrogen-bond donors (Lipinski definition) is 1. The molecular weight excluding hydrogens is 356 g/mol. The molecule has 2 fully saturated rings. The molecule has 150 valence electrons. The van der Waals surface area contributed by atoms with Gasteiger partial charge in [-0.15, -0.1) is 0 Å². The van der Waals surface area contributed by atoms with Crippen LogP contribution in [0.15, 0.2) is 28.7 Å². The van der Waals surface area contributed by atoms with Crippen molar-refractivity contribution in [2.24, 2.45) is 0 Å². The van der Waals surface area contributed by atoms with Gasteiger partial charge in [-0.1, -0.05) is 19.3 Å². The van der Waals surface area contributed by atoms with Crippen molar-refractivity contribution in [3.8, 4) is 5.75 Å². The van der Waals surface area contributed by atoms with E-state index in [9.17, 15) is 9.59 Å². The normalized spacial score (nSPS) is 19.6. The van der Waals surface area contributed by atoms with Gasteiger partial charge in [-0.25, -0.2) is 0 Å². The first-order chi connectivity index (χ1) is 13.7. The summed E-state index contributed by atoms with van der Waals surface area (Å²) in [6, 6.07) is 7.31. The quantitative estimate of drug-likeness (QED) is 0.740. The maximum absolute atomic E-state index is 12.7. The molecule has 0 spiro atoms. The second-order valence-corrected chi connectivity index (χ2v) is 8.00. The number of carbonyl (C=O) groups excluding carboxylic acids is 2. The van der Waals surface area contributed by atoms with Gasteiger partial charge in [-0.3, -0.25) is 9.69 Å². The summed E-state index contributed by atoms with van der Waals surface area (Å²) in [6.07, 6.45) is 7.84. The van der Waals surface area contributed by atoms with E-state index in [1.165, 1.54) is 12.8 Å². The molecule has 2 aromatic rings. The molecule has 1 aliphatic carbocycles. The number of nitrogens with one attached hydrogen (secondary N) is 1. The molecule has 0 unspecified atom stereocenters. The Morgan fingerprint density at radius 1 is 1.14 bits per heavy atom. The molecule has 1 saturated heterocycles. The Morgan fingerprint density at radius 2 is 1.93 bits per heavy atom. The molecule has 6 nitrogen and oxygen atoms in total. The third-order valence-electron chi connectivity index (χ3n) is 5.92. The maximum atomic E-state index is 12.7. The number of furan rings is 1. The molecule has 1 saturated carbocycles. The van der Waals surface area contributed by atoms with Crippen molar-refractivity contribution in [2.45, 2.75) is 50.5 Å². The molecule has 1 N–H and O–H groups in total. The van der Waals surface area contributed by atoms with Gasteiger partial charge in [0.1, 0.15) is 24.2 Å². The molecule has 2 aliphatic rings. The highest BCUT2D eigenvalue weighted by Gasteiger charge is 2.34. The van der Waals surface area contributed by atoms with Gasteiger partial charge in [0.2, 0.25) is 0 Å². The maximum Gasteiger partial charge on any atom is 0.287 e. The summed E-state index contributed by atoms with van der Waals surface area (Å²) in [4.78, 5) is 26.7. The van der Waals surface area contributed by atoms with Crippen LogP contribution in [0.4, 0.5) is 0 Å². The Balaban J connectivity index is 1.40. The van der Waals surface area contributed by atoms with Gasteiger partial charge < -0.3 is 19.3 Å². The van der Waals surface area contributed by atoms with Crippen molar-refractivity contribution in [3.63, 3.8) is 0 Å². The Hall–Kier alpha value is -2.34. The molecule has 0 bridgehead atoms. The molecule has 1 aromatic carbocycles. The average molecular weight is 384 g/mol. The van der Waals surface area contributed by atoms with Crippen LogP contribution in [0.2, 0.25) is 0 Å². The molecule has 0 atom stereocenters. The highest BCUT2D eigenvalue weighted by atomic mass is 16.5. The van der Waals surface area contributed by atoms with Crippen LogP contribution < -0.4 is 10.1 Å². The Morgan fingerprint density at radius 3 is 2.68 bits per heavy atom. The first-order valence-corrected chi connectivity index (χ1v) is 10.4. The number of fused-ring (bicyclic) bond motifs is 1. The molecule has 2 heterocycles. The van der Waals surface area contributed by atoms with Gasteiger partial charge in [-0.05, 0) is 63.0 Å². The SMILES string of the molecule is O=CC1(NC(=O)c2cc3cc(OCCN4CCCC4)ccc3o2)CCCCC1. The summed E-state index contributed by atoms with van der Waals surface area (Å²) in [5, 5.41) is 3.73. The highest BCUT2D eigenvalue weighted by molar-refractivity contribution is 5.98. The standard InChI is InChI=1S/C22H28N2O4/c25-16-22(8-2-1-3-9-22)23-21(26)20-15-17-14-18(6-7-19(17)28-20)27-13-12-24-10-4-5-11-24/h6-7,14-16H,1-5,8-13H2,(H,23,26). The predicted molar refractivity (Wildman–Crippen MR) is 107 cm³/mol. The number of amides is 1. The van der Waals surface area contributed by atoms with E-state index in [0.717, 1.165) is 56.3 Å². The van der Waals surface area contributed by atoms with E-state index in [1.807, 2.05) is 18.2 Å². The largest absolute Gasteiger partial charge is 0.492 e. The second-order valence-electron chi connectivity index (χ2n) is 8.00. The molecule has 1 aliphatic heterocycles. The zero-order valence-corrected chi connectivity index (χ0v) is 16.2. The number of hydrogen-bond acceptors (Lipinski definition) is 5. The average Bonchev–Trinajstić information content (AvgIpc) is 3.38. The van der Waals surface area contributed by atoms with Crippen LogP contribution in [0.1, 0.15) is 55.5 Å². The number of aldehydes is 1. The zero-order valence-electron chi connectivity index (χ0n) is 16.2. The summed E-state index contributed by atoms with van der Waals surface area (Å²) in [7, 11) is 0. The van der Waals surface area contributed by atoms with Gasteiger partial charge >= 0.3 is 0 Å². The van der Waals surface area contributed by atoms with Gasteiger partial charge in [0.15, 0.2) is 5.76 Å². The molecule has 28 heavy (non-hydrogen) atoms. The molecule has 1 amide bonds. The van der Waals surface area contributed by atoms with Gasteiger partial charge in [-0.2, -0.15) is 0 Å². The predicted octanol–water partition coefficient (Wildman–Crippen LogP) is 3.54. The number of likely N-dealkylation sites (tertiary alicyclic amines) is 1. The fourth-order valence-corrected chi connectivity index (χ4v) is 4.26. The molecule has 0 radical (unpaired) electrons. The zero-order chi connectivity index (χ0) is 19.4. The van der Waals surface area contributed by atoms with Crippen LogP contribution in [-0.2, 0) is 4.79 Å². The minimum Gasteiger partial charge on any atom is -0.492 e. The Labute approximate surface area is 165 Å². The third-order valence-corrected chi connectivity index (χ3v) is 5.92. The van der Waals surface area contributed by atoms with Crippen molar-refractivity contribution in [2.75, 3.05) is 26.2 Å². The van der Waals surface area contributed by atoms with Crippen LogP contribution in [0, 0.1) is 0 Å². The first kappa shape index (κ1) is 19.0. The molecular formula is C22H28N2O4. The number of rotatable bonds is 7. The lowest BCUT2D eigenvalue weighted by molar-refractivity contribution is -0.114. The number of ether oxygens (including phenoxy) is 1. The summed E-state index contributed by atoms with van der Waals surface area (Å²) in [5.41, 5.74) is -0.112. The first-order valence-electron chi connectivity index (χ1n) is 10.4. The van der Waals surface area contributed by atoms with Gasteiger partial charge in [0.05, 0.1) is 5.54 Å². The number of carbonyl (C=O) groups is 2. The summed E-state index contributed by atoms with van der Waals surface area (Å²) in [5.74, 6) is 0.675. The third kappa shape index (κ3) is 4.22. The van der Waals surface area contributed by atoms with Crippen LogP contribution in [0.25, 0.3) is 11.0 Å². The summed E-state index contributed by atoms with van der Waals surface area (Å²) >= 11 is 0. The van der Waals surface area contributed by atoms with Crippen LogP contribution in [0.5, 0.6) is 5.75 Å². The van der Waals surface area contributed by atoms with Crippen molar-refractivity contribution >= 4 is 23.2 Å². The van der Waals surface area contributed by atoms with Crippen LogP contribution in [-0.4, -0.2) is 48.9 Å². The lowest BCUT2D eigenvalue weighted by Crippen LogP contribution is -2.51. The smallest absolute Gasteiger partial charge is 0.287 e. The van der Waals surface area contributed by atoms with E-state index >= 15 is 0 Å². The van der Waals surface area contributed by atoms with Gasteiger partial charge in [0, 0.05) is 11.9 Å². The van der Waals surface area contributed by atoms with Crippen molar-refractivity contribution in [1.29, 1.82) is 0 Å². The van der Waals surface area contributed by atoms with E-state index in [1.54, 1.807) is 6.07 Å². The van der Waals surface area contributed by atoms with E-state index in [2.05, 4.69) is 10.2 Å². The van der Waals surface area contributed by atoms with E-state index in [-0.39, 0.29) is 11.7 Å². The topological polar surface area (TPSA) is 71.8 Å². The molecule has 1 aromatic heterocycles. The summed E-state index contributed by atoms with van der Waals surface area (Å²) in [6.45, 7) is 3.90. The van der Waals surface area contributed by atoms with E-state index in [0.29, 0.717) is 25.0 Å². The molecule has 4 rings (SSSR count). The highest BCUT2D eigenvalue weighted by Crippen LogP contribution is 2.28. The lowest BCUT2D eigenvalue weighted by Gasteiger charge is -2.32. The lowest BCUT2D eigenvalue weighted by atomic mass is 9.83. The van der Waals surface area contributed by atoms with E-state index < -0.39 is 5.54 Å². The number of nitrogens with zero attached hydrogens (tertiary/aromatic N) is 1. The summed E-state index contributed by atoms with van der Waals surface area (Å²) < 4.78 is 11.6. The minimum absolute atomic E-state index is 0.232. The fraction of sp³-hybridized carbons (Fsp3) is 0.545. The Bertz CT molecular complexity index is 832. The number of benzene rings is 1. The Kier molecular flexibility index (Phi) is 5.67. The van der Waals surface area contributed by atoms with Crippen molar-refractivity contribution in [3.05, 3.63) is 30.0 Å². The monoisotopic (exact) mass is 384 g/mol. The van der Waals surface area contributed by atoms with Crippen LogP contribution >= 0.6 is 0 Å². The van der Waals surface area contributed by atoms with Gasteiger partial charge in [0.25, 0.3) is 5.91 Å². The van der Waals surface area contributed by atoms with E-state index in [4.69, 9.17) is 9.15 Å². The van der Waals surface area contributed by atoms with Crippen LogP contribution in [0.3, 0.4) is 0 Å². The minimum atomic E-state index is -0.752. The second kappa shape index (κ2) is 8.35. The molecule has 6 heteroatoms. The fourth-order valence-electron chi connectivity index (χ4n) is 4.26. The van der Waals surface area contributed by atoms with Crippen molar-refractivity contribution in [1.82, 2.24) is 10.2 Å².